The molecule has 10 heteroatoms. The molecule has 0 saturated carbocycles. The molecule has 1 saturated heterocycles. The van der Waals surface area contributed by atoms with Gasteiger partial charge in [0.15, 0.2) is 11.2 Å². The highest BCUT2D eigenvalue weighted by Gasteiger charge is 2.22. The van der Waals surface area contributed by atoms with Crippen LogP contribution in [0.15, 0.2) is 65.2 Å². The Morgan fingerprint density at radius 2 is 1.94 bits per heavy atom. The molecule has 0 radical (unpaired) electrons. The minimum absolute atomic E-state index is 0.148. The third-order valence-electron chi connectivity index (χ3n) is 5.32. The van der Waals surface area contributed by atoms with Crippen molar-refractivity contribution in [1.29, 1.82) is 0 Å². The summed E-state index contributed by atoms with van der Waals surface area (Å²) < 4.78 is 11.1. The molecule has 1 amide bonds. The number of pyridine rings is 1. The zero-order valence-corrected chi connectivity index (χ0v) is 17.4. The van der Waals surface area contributed by atoms with Gasteiger partial charge in [0.25, 0.3) is 11.6 Å². The van der Waals surface area contributed by atoms with E-state index in [0.29, 0.717) is 60.4 Å². The smallest absolute Gasteiger partial charge is 0.270 e. The van der Waals surface area contributed by atoms with E-state index in [-0.39, 0.29) is 11.3 Å². The van der Waals surface area contributed by atoms with Crippen LogP contribution in [0.25, 0.3) is 22.7 Å². The molecule has 0 unspecified atom stereocenters. The number of amides is 1. The van der Waals surface area contributed by atoms with E-state index in [1.165, 1.54) is 12.1 Å². The number of fused-ring (bicyclic) bond motifs is 1. The number of nitrogens with zero attached hydrogens (tertiary/aromatic N) is 4. The van der Waals surface area contributed by atoms with Gasteiger partial charge in [-0.25, -0.2) is 4.98 Å². The topological polar surface area (TPSA) is 124 Å². The van der Waals surface area contributed by atoms with Crippen molar-refractivity contribution in [2.75, 3.05) is 36.5 Å². The van der Waals surface area contributed by atoms with Crippen LogP contribution < -0.4 is 10.2 Å². The number of rotatable bonds is 5. The molecule has 1 fully saturated rings. The summed E-state index contributed by atoms with van der Waals surface area (Å²) in [5.41, 5.74) is 2.93. The average Bonchev–Trinajstić information content (AvgIpc) is 3.29. The van der Waals surface area contributed by atoms with Crippen molar-refractivity contribution in [1.82, 2.24) is 9.97 Å². The Morgan fingerprint density at radius 3 is 2.73 bits per heavy atom. The highest BCUT2D eigenvalue weighted by molar-refractivity contribution is 6.08. The second kappa shape index (κ2) is 8.67. The summed E-state index contributed by atoms with van der Waals surface area (Å²) in [6.07, 6.45) is 1.64. The van der Waals surface area contributed by atoms with Gasteiger partial charge < -0.3 is 19.4 Å². The van der Waals surface area contributed by atoms with Gasteiger partial charge in [-0.2, -0.15) is 4.98 Å². The van der Waals surface area contributed by atoms with Crippen molar-refractivity contribution in [2.45, 2.75) is 0 Å². The fourth-order valence-electron chi connectivity index (χ4n) is 3.72. The molecule has 1 N–H and O–H groups in total. The van der Waals surface area contributed by atoms with Crippen LogP contribution in [0, 0.1) is 10.1 Å². The molecule has 10 nitrogen and oxygen atoms in total. The Morgan fingerprint density at radius 1 is 1.09 bits per heavy atom. The summed E-state index contributed by atoms with van der Waals surface area (Å²) in [5, 5.41) is 14.2. The summed E-state index contributed by atoms with van der Waals surface area (Å²) >= 11 is 0. The van der Waals surface area contributed by atoms with Crippen molar-refractivity contribution in [3.63, 3.8) is 0 Å². The predicted molar refractivity (Wildman–Crippen MR) is 121 cm³/mol. The molecule has 1 aliphatic heterocycles. The maximum atomic E-state index is 13.2. The Hall–Kier alpha value is -4.31. The van der Waals surface area contributed by atoms with Gasteiger partial charge in [0.1, 0.15) is 0 Å². The quantitative estimate of drug-likeness (QED) is 0.362. The summed E-state index contributed by atoms with van der Waals surface area (Å²) in [7, 11) is 0. The van der Waals surface area contributed by atoms with Crippen LogP contribution in [0.4, 0.5) is 17.1 Å². The Bertz CT molecular complexity index is 1310. The summed E-state index contributed by atoms with van der Waals surface area (Å²) in [5.74, 6) is -0.0688. The highest BCUT2D eigenvalue weighted by Crippen LogP contribution is 2.29. The highest BCUT2D eigenvalue weighted by atomic mass is 16.6. The number of ether oxygens (including phenoxy) is 1. The molecule has 0 spiro atoms. The Balaban J connectivity index is 1.45. The number of nitrogens with one attached hydrogen (secondary N) is 1. The number of aromatic nitrogens is 2. The number of hydrogen-bond acceptors (Lipinski definition) is 8. The number of morpholine rings is 1. The van der Waals surface area contributed by atoms with Crippen molar-refractivity contribution >= 4 is 34.2 Å². The first-order valence-corrected chi connectivity index (χ1v) is 10.3. The largest absolute Gasteiger partial charge is 0.434 e. The van der Waals surface area contributed by atoms with E-state index in [0.717, 1.165) is 0 Å². The lowest BCUT2D eigenvalue weighted by Gasteiger charge is -2.30. The van der Waals surface area contributed by atoms with Gasteiger partial charge in [-0.3, -0.25) is 14.9 Å². The number of anilines is 2. The lowest BCUT2D eigenvalue weighted by molar-refractivity contribution is -0.384. The third-order valence-corrected chi connectivity index (χ3v) is 5.32. The Labute approximate surface area is 188 Å². The average molecular weight is 445 g/mol. The first-order valence-electron chi connectivity index (χ1n) is 10.3. The van der Waals surface area contributed by atoms with Crippen molar-refractivity contribution in [2.24, 2.45) is 0 Å². The lowest BCUT2D eigenvalue weighted by Crippen LogP contribution is -2.37. The number of hydrogen-bond donors (Lipinski definition) is 1. The zero-order valence-electron chi connectivity index (χ0n) is 17.4. The van der Waals surface area contributed by atoms with Crippen molar-refractivity contribution in [3.05, 3.63) is 76.5 Å². The van der Waals surface area contributed by atoms with Crippen LogP contribution in [-0.2, 0) is 4.74 Å². The van der Waals surface area contributed by atoms with Crippen LogP contribution in [0.3, 0.4) is 0 Å². The lowest BCUT2D eigenvalue weighted by atomic mass is 10.1. The number of carbonyl (C=O) groups excluding carboxylic acids is 1. The van der Waals surface area contributed by atoms with Crippen LogP contribution in [-0.4, -0.2) is 47.1 Å². The van der Waals surface area contributed by atoms with E-state index in [4.69, 9.17) is 9.15 Å². The normalized spacial score (nSPS) is 13.8. The van der Waals surface area contributed by atoms with E-state index >= 15 is 0 Å². The Kier molecular flexibility index (Phi) is 5.41. The number of nitro groups is 1. The molecule has 0 atom stereocenters. The molecule has 2 aromatic carbocycles. The molecule has 5 rings (SSSR count). The third kappa shape index (κ3) is 4.23. The van der Waals surface area contributed by atoms with Crippen molar-refractivity contribution < 1.29 is 18.9 Å². The summed E-state index contributed by atoms with van der Waals surface area (Å²) in [6, 6.07) is 14.9. The minimum Gasteiger partial charge on any atom is -0.434 e. The molecule has 1 aliphatic rings. The molecular formula is C23H19N5O5. The van der Waals surface area contributed by atoms with Crippen LogP contribution in [0.1, 0.15) is 10.4 Å². The predicted octanol–water partition coefficient (Wildman–Crippen LogP) is 3.89. The number of non-ortho nitro benzene ring substituents is 1. The standard InChI is InChI=1S/C23H19N5O5/c29-22(18-14-17(28(30)31)6-7-19(18)27-9-11-32-12-10-27)25-16-4-1-3-15(13-16)23-26-21-20(33-23)5-2-8-24-21/h1-8,13-14H,9-12H2,(H,25,29). The first-order chi connectivity index (χ1) is 16.1. The fraction of sp³-hybridized carbons (Fsp3) is 0.174. The van der Waals surface area contributed by atoms with E-state index < -0.39 is 10.8 Å². The monoisotopic (exact) mass is 445 g/mol. The minimum atomic E-state index is -0.512. The van der Waals surface area contributed by atoms with Gasteiger partial charge in [-0.05, 0) is 36.4 Å². The van der Waals surface area contributed by atoms with Gasteiger partial charge in [0.2, 0.25) is 5.89 Å². The molecule has 33 heavy (non-hydrogen) atoms. The molecule has 0 bridgehead atoms. The maximum Gasteiger partial charge on any atom is 0.270 e. The molecule has 166 valence electrons. The molecule has 2 aromatic heterocycles. The van der Waals surface area contributed by atoms with Gasteiger partial charge in [-0.15, -0.1) is 0 Å². The van der Waals surface area contributed by atoms with Gasteiger partial charge in [-0.1, -0.05) is 6.07 Å². The van der Waals surface area contributed by atoms with Crippen LogP contribution in [0.2, 0.25) is 0 Å². The van der Waals surface area contributed by atoms with Crippen LogP contribution in [0.5, 0.6) is 0 Å². The van der Waals surface area contributed by atoms with E-state index in [1.54, 1.807) is 42.6 Å². The SMILES string of the molecule is O=C(Nc1cccc(-c2nc3ncccc3o2)c1)c1cc([N+](=O)[O-])ccc1N1CCOCC1. The second-order valence-electron chi connectivity index (χ2n) is 7.44. The van der Waals surface area contributed by atoms with Gasteiger partial charge in [0, 0.05) is 42.7 Å². The van der Waals surface area contributed by atoms with Crippen molar-refractivity contribution in [3.8, 4) is 11.5 Å². The summed E-state index contributed by atoms with van der Waals surface area (Å²) in [6.45, 7) is 2.25. The number of carbonyl (C=O) groups is 1. The second-order valence-corrected chi connectivity index (χ2v) is 7.44. The molecule has 3 heterocycles. The van der Waals surface area contributed by atoms with Gasteiger partial charge in [0.05, 0.1) is 29.4 Å². The summed E-state index contributed by atoms with van der Waals surface area (Å²) in [4.78, 5) is 34.5. The van der Waals surface area contributed by atoms with Gasteiger partial charge >= 0.3 is 0 Å². The van der Waals surface area contributed by atoms with E-state index in [1.807, 2.05) is 11.0 Å². The molecule has 4 aromatic rings. The maximum absolute atomic E-state index is 13.2. The molecule has 0 aliphatic carbocycles. The zero-order chi connectivity index (χ0) is 22.8. The van der Waals surface area contributed by atoms with E-state index in [9.17, 15) is 14.9 Å². The first kappa shape index (κ1) is 20.6. The van der Waals surface area contributed by atoms with E-state index in [2.05, 4.69) is 15.3 Å². The molecular weight excluding hydrogens is 426 g/mol. The van der Waals surface area contributed by atoms with Crippen LogP contribution >= 0.6 is 0 Å². The number of oxazole rings is 1. The number of benzene rings is 2. The fourth-order valence-corrected chi connectivity index (χ4v) is 3.72. The number of nitro benzene ring substituents is 1.